The Morgan fingerprint density at radius 1 is 1.07 bits per heavy atom. The predicted octanol–water partition coefficient (Wildman–Crippen LogP) is 3.43. The van der Waals surface area contributed by atoms with E-state index in [4.69, 9.17) is 26.1 Å². The van der Waals surface area contributed by atoms with Gasteiger partial charge in [-0.05, 0) is 18.2 Å². The van der Waals surface area contributed by atoms with Gasteiger partial charge in [0.2, 0.25) is 0 Å². The van der Waals surface area contributed by atoms with Gasteiger partial charge in [0.1, 0.15) is 13.2 Å². The molecule has 7 heteroatoms. The molecule has 6 nitrogen and oxygen atoms in total. The van der Waals surface area contributed by atoms with Crippen molar-refractivity contribution in [2.75, 3.05) is 20.3 Å². The van der Waals surface area contributed by atoms with Crippen molar-refractivity contribution in [3.05, 3.63) is 76.3 Å². The standard InChI is InChI=1S/C20H19ClN4O2/c1-26-9-10-27-13-19-24-23-18-12-22-20(14-5-3-2-4-6-14)16-11-15(21)7-8-17(16)25(18)19/h2-8,11H,9-10,12-13H2,1H3. The highest BCUT2D eigenvalue weighted by atomic mass is 35.5. The second-order valence-electron chi connectivity index (χ2n) is 6.11. The minimum absolute atomic E-state index is 0.346. The molecular formula is C20H19ClN4O2. The highest BCUT2D eigenvalue weighted by molar-refractivity contribution is 6.31. The van der Waals surface area contributed by atoms with Crippen LogP contribution >= 0.6 is 11.6 Å². The molecule has 1 aliphatic heterocycles. The van der Waals surface area contributed by atoms with Crippen LogP contribution in [0.2, 0.25) is 5.02 Å². The van der Waals surface area contributed by atoms with Crippen LogP contribution in [0.4, 0.5) is 0 Å². The van der Waals surface area contributed by atoms with Crippen molar-refractivity contribution in [1.82, 2.24) is 14.8 Å². The average molecular weight is 383 g/mol. The molecule has 0 atom stereocenters. The second-order valence-corrected chi connectivity index (χ2v) is 6.54. The van der Waals surface area contributed by atoms with Gasteiger partial charge in [-0.15, -0.1) is 10.2 Å². The Morgan fingerprint density at radius 3 is 2.74 bits per heavy atom. The van der Waals surface area contributed by atoms with Gasteiger partial charge in [0.05, 0.1) is 24.6 Å². The number of halogens is 1. The maximum absolute atomic E-state index is 6.31. The fourth-order valence-corrected chi connectivity index (χ4v) is 3.28. The zero-order chi connectivity index (χ0) is 18.6. The van der Waals surface area contributed by atoms with Crippen LogP contribution in [0.3, 0.4) is 0 Å². The van der Waals surface area contributed by atoms with Crippen LogP contribution in [0.15, 0.2) is 53.5 Å². The van der Waals surface area contributed by atoms with E-state index >= 15 is 0 Å². The van der Waals surface area contributed by atoms with E-state index in [1.165, 1.54) is 0 Å². The highest BCUT2D eigenvalue weighted by Gasteiger charge is 2.23. The van der Waals surface area contributed by atoms with Crippen molar-refractivity contribution in [3.8, 4) is 5.69 Å². The Balaban J connectivity index is 1.78. The van der Waals surface area contributed by atoms with Gasteiger partial charge in [-0.2, -0.15) is 0 Å². The molecule has 0 amide bonds. The monoisotopic (exact) mass is 382 g/mol. The Hall–Kier alpha value is -2.54. The van der Waals surface area contributed by atoms with Crippen LogP contribution in [-0.4, -0.2) is 40.8 Å². The lowest BCUT2D eigenvalue weighted by Gasteiger charge is -2.14. The smallest absolute Gasteiger partial charge is 0.163 e. The molecule has 0 saturated heterocycles. The molecule has 2 heterocycles. The van der Waals surface area contributed by atoms with Gasteiger partial charge in [-0.3, -0.25) is 9.56 Å². The topological polar surface area (TPSA) is 61.5 Å². The molecule has 0 N–H and O–H groups in total. The van der Waals surface area contributed by atoms with Crippen molar-refractivity contribution >= 4 is 17.3 Å². The summed E-state index contributed by atoms with van der Waals surface area (Å²) in [7, 11) is 1.65. The Bertz CT molecular complexity index is 969. The number of aliphatic imine (C=N–C) groups is 1. The number of methoxy groups -OCH3 is 1. The summed E-state index contributed by atoms with van der Waals surface area (Å²) in [5.74, 6) is 1.50. The second kappa shape index (κ2) is 8.00. The molecule has 0 saturated carbocycles. The summed E-state index contributed by atoms with van der Waals surface area (Å²) in [4.78, 5) is 4.81. The minimum Gasteiger partial charge on any atom is -0.382 e. The van der Waals surface area contributed by atoms with Crippen molar-refractivity contribution in [1.29, 1.82) is 0 Å². The number of benzene rings is 2. The maximum Gasteiger partial charge on any atom is 0.163 e. The molecule has 27 heavy (non-hydrogen) atoms. The molecule has 0 spiro atoms. The van der Waals surface area contributed by atoms with E-state index in [1.807, 2.05) is 53.1 Å². The number of hydrogen-bond donors (Lipinski definition) is 0. The van der Waals surface area contributed by atoms with Crippen molar-refractivity contribution in [2.45, 2.75) is 13.2 Å². The molecular weight excluding hydrogens is 364 g/mol. The first-order valence-corrected chi connectivity index (χ1v) is 9.05. The van der Waals surface area contributed by atoms with E-state index in [-0.39, 0.29) is 0 Å². The van der Waals surface area contributed by atoms with Gasteiger partial charge in [-0.1, -0.05) is 41.9 Å². The van der Waals surface area contributed by atoms with Gasteiger partial charge < -0.3 is 9.47 Å². The van der Waals surface area contributed by atoms with Crippen LogP contribution in [-0.2, 0) is 22.6 Å². The molecule has 1 aromatic heterocycles. The van der Waals surface area contributed by atoms with Gasteiger partial charge in [0.25, 0.3) is 0 Å². The third-order valence-corrected chi connectivity index (χ3v) is 4.58. The lowest BCUT2D eigenvalue weighted by molar-refractivity contribution is 0.0579. The zero-order valence-corrected chi connectivity index (χ0v) is 15.7. The van der Waals surface area contributed by atoms with Gasteiger partial charge in [0, 0.05) is 23.3 Å². The zero-order valence-electron chi connectivity index (χ0n) is 14.9. The Morgan fingerprint density at radius 2 is 1.93 bits per heavy atom. The highest BCUT2D eigenvalue weighted by Crippen LogP contribution is 2.28. The molecule has 138 valence electrons. The van der Waals surface area contributed by atoms with Crippen LogP contribution in [0.1, 0.15) is 22.8 Å². The Labute approximate surface area is 162 Å². The maximum atomic E-state index is 6.31. The summed E-state index contributed by atoms with van der Waals surface area (Å²) in [6.45, 7) is 1.81. The number of nitrogens with zero attached hydrogens (tertiary/aromatic N) is 4. The van der Waals surface area contributed by atoms with Crippen molar-refractivity contribution in [2.24, 2.45) is 4.99 Å². The average Bonchev–Trinajstić information content (AvgIpc) is 3.01. The summed E-state index contributed by atoms with van der Waals surface area (Å²) in [5.41, 5.74) is 3.83. The number of rotatable bonds is 6. The minimum atomic E-state index is 0.346. The molecule has 0 aliphatic carbocycles. The van der Waals surface area contributed by atoms with E-state index < -0.39 is 0 Å². The SMILES string of the molecule is COCCOCc1nnc2n1-c1ccc(Cl)cc1C(c1ccccc1)=NC2. The van der Waals surface area contributed by atoms with E-state index in [9.17, 15) is 0 Å². The first-order valence-electron chi connectivity index (χ1n) is 8.68. The van der Waals surface area contributed by atoms with Crippen LogP contribution in [0, 0.1) is 0 Å². The first kappa shape index (κ1) is 17.9. The molecule has 4 rings (SSSR count). The largest absolute Gasteiger partial charge is 0.382 e. The van der Waals surface area contributed by atoms with Crippen LogP contribution in [0.5, 0.6) is 0 Å². The van der Waals surface area contributed by atoms with Crippen molar-refractivity contribution < 1.29 is 9.47 Å². The fraction of sp³-hybridized carbons (Fsp3) is 0.250. The number of aromatic nitrogens is 3. The van der Waals surface area contributed by atoms with E-state index in [0.29, 0.717) is 31.4 Å². The first-order chi connectivity index (χ1) is 13.3. The normalized spacial score (nSPS) is 12.9. The number of hydrogen-bond acceptors (Lipinski definition) is 5. The number of fused-ring (bicyclic) bond motifs is 3. The number of ether oxygens (including phenoxy) is 2. The third-order valence-electron chi connectivity index (χ3n) is 4.34. The Kier molecular flexibility index (Phi) is 5.29. The van der Waals surface area contributed by atoms with Gasteiger partial charge in [-0.25, -0.2) is 0 Å². The molecule has 3 aromatic rings. The van der Waals surface area contributed by atoms with Gasteiger partial charge >= 0.3 is 0 Å². The lowest BCUT2D eigenvalue weighted by atomic mass is 10.0. The summed E-state index contributed by atoms with van der Waals surface area (Å²) in [5, 5.41) is 9.29. The summed E-state index contributed by atoms with van der Waals surface area (Å²) in [6, 6.07) is 15.9. The van der Waals surface area contributed by atoms with Gasteiger partial charge in [0.15, 0.2) is 11.6 Å². The lowest BCUT2D eigenvalue weighted by Crippen LogP contribution is -2.11. The van der Waals surface area contributed by atoms with Crippen LogP contribution < -0.4 is 0 Å². The fourth-order valence-electron chi connectivity index (χ4n) is 3.10. The molecule has 0 unspecified atom stereocenters. The summed E-state index contributed by atoms with van der Waals surface area (Å²) >= 11 is 6.31. The summed E-state index contributed by atoms with van der Waals surface area (Å²) in [6.07, 6.45) is 0. The molecule has 0 bridgehead atoms. The predicted molar refractivity (Wildman–Crippen MR) is 104 cm³/mol. The quantitative estimate of drug-likeness (QED) is 0.613. The van der Waals surface area contributed by atoms with Crippen molar-refractivity contribution in [3.63, 3.8) is 0 Å². The summed E-state index contributed by atoms with van der Waals surface area (Å²) < 4.78 is 12.7. The van der Waals surface area contributed by atoms with E-state index in [0.717, 1.165) is 34.2 Å². The molecule has 0 fully saturated rings. The van der Waals surface area contributed by atoms with Crippen LogP contribution in [0.25, 0.3) is 5.69 Å². The molecule has 1 aliphatic rings. The van der Waals surface area contributed by atoms with E-state index in [2.05, 4.69) is 10.2 Å². The molecule has 2 aromatic carbocycles. The third kappa shape index (κ3) is 3.64. The molecule has 0 radical (unpaired) electrons. The van der Waals surface area contributed by atoms with E-state index in [1.54, 1.807) is 7.11 Å².